The van der Waals surface area contributed by atoms with E-state index < -0.39 is 0 Å². The molecule has 0 aliphatic carbocycles. The molecule has 1 heterocycles. The van der Waals surface area contributed by atoms with Crippen LogP contribution in [0.3, 0.4) is 0 Å². The van der Waals surface area contributed by atoms with Gasteiger partial charge >= 0.3 is 0 Å². The molecule has 0 spiro atoms. The van der Waals surface area contributed by atoms with Crippen LogP contribution in [0, 0.1) is 0 Å². The second kappa shape index (κ2) is 5.76. The van der Waals surface area contributed by atoms with Gasteiger partial charge in [-0.05, 0) is 36.2 Å². The van der Waals surface area contributed by atoms with Crippen molar-refractivity contribution in [3.63, 3.8) is 0 Å². The number of imidazole rings is 1. The number of phenolic OH excluding ortho intramolecular Hbond substituents is 1. The van der Waals surface area contributed by atoms with Crippen molar-refractivity contribution in [3.8, 4) is 5.75 Å². The van der Waals surface area contributed by atoms with Crippen LogP contribution in [0.2, 0.25) is 0 Å². The number of para-hydroxylation sites is 2. The van der Waals surface area contributed by atoms with Crippen LogP contribution < -0.4 is 0 Å². The molecule has 0 aliphatic heterocycles. The van der Waals surface area contributed by atoms with Crippen LogP contribution in [0.15, 0.2) is 54.9 Å². The first-order valence-corrected chi connectivity index (χ1v) is 6.01. The average molecular weight is 275 g/mol. The minimum Gasteiger partial charge on any atom is -0.508 e. The lowest BCUT2D eigenvalue weighted by Gasteiger charge is -2.04. The molecule has 4 heteroatoms. The van der Waals surface area contributed by atoms with Gasteiger partial charge in [-0.3, -0.25) is 0 Å². The van der Waals surface area contributed by atoms with Crippen LogP contribution in [0.1, 0.15) is 5.56 Å². The van der Waals surface area contributed by atoms with Gasteiger partial charge in [-0.2, -0.15) is 0 Å². The van der Waals surface area contributed by atoms with Crippen molar-refractivity contribution in [1.29, 1.82) is 0 Å². The Labute approximate surface area is 117 Å². The number of hydrogen-bond donors (Lipinski definition) is 1. The van der Waals surface area contributed by atoms with E-state index in [1.807, 2.05) is 36.7 Å². The summed E-state index contributed by atoms with van der Waals surface area (Å²) in [6.07, 6.45) is 2.81. The third-order valence-corrected chi connectivity index (χ3v) is 3.11. The topological polar surface area (TPSA) is 38.0 Å². The Morgan fingerprint density at radius 1 is 1.00 bits per heavy atom. The van der Waals surface area contributed by atoms with Crippen LogP contribution in [0.25, 0.3) is 11.0 Å². The van der Waals surface area contributed by atoms with E-state index in [-0.39, 0.29) is 12.4 Å². The highest BCUT2D eigenvalue weighted by Crippen LogP contribution is 2.14. The fourth-order valence-corrected chi connectivity index (χ4v) is 2.10. The molecule has 0 saturated heterocycles. The maximum atomic E-state index is 9.23. The first-order chi connectivity index (χ1) is 8.83. The first-order valence-electron chi connectivity index (χ1n) is 6.01. The standard InChI is InChI=1S/C15H14N2O.ClH/c18-13-7-5-12(6-8-13)9-10-17-11-16-14-3-1-2-4-15(14)17;/h1-8,11,18H,9-10H2;1H. The van der Waals surface area contributed by atoms with Crippen LogP contribution in [-0.2, 0) is 13.0 Å². The normalized spacial score (nSPS) is 10.3. The van der Waals surface area contributed by atoms with Crippen molar-refractivity contribution < 1.29 is 5.11 Å². The molecule has 3 aromatic rings. The first kappa shape index (κ1) is 13.4. The van der Waals surface area contributed by atoms with Gasteiger partial charge in [0.1, 0.15) is 5.75 Å². The zero-order valence-electron chi connectivity index (χ0n) is 10.4. The highest BCUT2D eigenvalue weighted by atomic mass is 35.5. The Kier molecular flexibility index (Phi) is 4.07. The van der Waals surface area contributed by atoms with Crippen molar-refractivity contribution in [3.05, 3.63) is 60.4 Å². The molecular weight excluding hydrogens is 260 g/mol. The number of aromatic nitrogens is 2. The van der Waals surface area contributed by atoms with Gasteiger partial charge in [0.25, 0.3) is 0 Å². The zero-order chi connectivity index (χ0) is 12.4. The zero-order valence-corrected chi connectivity index (χ0v) is 11.2. The lowest BCUT2D eigenvalue weighted by Crippen LogP contribution is -1.99. The SMILES string of the molecule is Cl.Oc1ccc(CCn2cnc3ccccc32)cc1. The van der Waals surface area contributed by atoms with E-state index in [1.54, 1.807) is 12.1 Å². The fourth-order valence-electron chi connectivity index (χ4n) is 2.10. The summed E-state index contributed by atoms with van der Waals surface area (Å²) in [5.41, 5.74) is 3.41. The van der Waals surface area contributed by atoms with Crippen molar-refractivity contribution in [1.82, 2.24) is 9.55 Å². The third-order valence-electron chi connectivity index (χ3n) is 3.11. The molecular formula is C15H15ClN2O. The summed E-state index contributed by atoms with van der Waals surface area (Å²) in [5, 5.41) is 9.23. The predicted octanol–water partition coefficient (Wildman–Crippen LogP) is 3.41. The number of phenols is 1. The Bertz CT molecular complexity index is 661. The average Bonchev–Trinajstić information content (AvgIpc) is 2.82. The van der Waals surface area contributed by atoms with Gasteiger partial charge in [0.15, 0.2) is 0 Å². The van der Waals surface area contributed by atoms with E-state index in [0.717, 1.165) is 24.0 Å². The van der Waals surface area contributed by atoms with E-state index in [2.05, 4.69) is 15.6 Å². The Balaban J connectivity index is 0.00000133. The maximum absolute atomic E-state index is 9.23. The molecule has 0 unspecified atom stereocenters. The highest BCUT2D eigenvalue weighted by Gasteiger charge is 2.01. The second-order valence-corrected chi connectivity index (χ2v) is 4.34. The summed E-state index contributed by atoms with van der Waals surface area (Å²) in [5.74, 6) is 0.312. The molecule has 0 amide bonds. The monoisotopic (exact) mass is 274 g/mol. The van der Waals surface area contributed by atoms with E-state index in [1.165, 1.54) is 5.56 Å². The lowest BCUT2D eigenvalue weighted by atomic mass is 10.1. The Morgan fingerprint density at radius 2 is 1.74 bits per heavy atom. The maximum Gasteiger partial charge on any atom is 0.115 e. The quantitative estimate of drug-likeness (QED) is 0.795. The summed E-state index contributed by atoms with van der Waals surface area (Å²) in [6.45, 7) is 0.894. The molecule has 0 saturated carbocycles. The molecule has 1 aromatic heterocycles. The molecule has 0 aliphatic rings. The number of nitrogens with zero attached hydrogens (tertiary/aromatic N) is 2. The minimum atomic E-state index is 0. The van der Waals surface area contributed by atoms with Gasteiger partial charge in [-0.1, -0.05) is 24.3 Å². The number of rotatable bonds is 3. The summed E-state index contributed by atoms with van der Waals surface area (Å²) < 4.78 is 2.15. The van der Waals surface area contributed by atoms with Crippen LogP contribution in [0.4, 0.5) is 0 Å². The number of aromatic hydroxyl groups is 1. The van der Waals surface area contributed by atoms with Gasteiger partial charge in [0.05, 0.1) is 17.4 Å². The molecule has 98 valence electrons. The summed E-state index contributed by atoms with van der Waals surface area (Å²) >= 11 is 0. The van der Waals surface area contributed by atoms with Crippen LogP contribution in [0.5, 0.6) is 5.75 Å². The van der Waals surface area contributed by atoms with Crippen molar-refractivity contribution in [2.75, 3.05) is 0 Å². The lowest BCUT2D eigenvalue weighted by molar-refractivity contribution is 0.475. The molecule has 0 bridgehead atoms. The van der Waals surface area contributed by atoms with Crippen molar-refractivity contribution in [2.45, 2.75) is 13.0 Å². The third kappa shape index (κ3) is 2.88. The molecule has 19 heavy (non-hydrogen) atoms. The van der Waals surface area contributed by atoms with E-state index >= 15 is 0 Å². The van der Waals surface area contributed by atoms with Gasteiger partial charge in [0, 0.05) is 6.54 Å². The van der Waals surface area contributed by atoms with E-state index in [4.69, 9.17) is 0 Å². The number of aryl methyl sites for hydroxylation is 2. The molecule has 0 atom stereocenters. The molecule has 1 N–H and O–H groups in total. The highest BCUT2D eigenvalue weighted by molar-refractivity contribution is 5.85. The molecule has 0 fully saturated rings. The summed E-state index contributed by atoms with van der Waals surface area (Å²) in [4.78, 5) is 4.37. The van der Waals surface area contributed by atoms with Crippen molar-refractivity contribution >= 4 is 23.4 Å². The molecule has 0 radical (unpaired) electrons. The Hall–Kier alpha value is -2.00. The molecule has 3 nitrogen and oxygen atoms in total. The van der Waals surface area contributed by atoms with Crippen LogP contribution in [-0.4, -0.2) is 14.7 Å². The molecule has 2 aromatic carbocycles. The summed E-state index contributed by atoms with van der Waals surface area (Å²) in [7, 11) is 0. The van der Waals surface area contributed by atoms with Crippen LogP contribution >= 0.6 is 12.4 Å². The number of benzene rings is 2. The van der Waals surface area contributed by atoms with Gasteiger partial charge < -0.3 is 9.67 Å². The van der Waals surface area contributed by atoms with Gasteiger partial charge in [0.2, 0.25) is 0 Å². The van der Waals surface area contributed by atoms with E-state index in [9.17, 15) is 5.11 Å². The van der Waals surface area contributed by atoms with Gasteiger partial charge in [-0.15, -0.1) is 12.4 Å². The number of halogens is 1. The largest absolute Gasteiger partial charge is 0.508 e. The predicted molar refractivity (Wildman–Crippen MR) is 78.8 cm³/mol. The second-order valence-electron chi connectivity index (χ2n) is 4.34. The fraction of sp³-hybridized carbons (Fsp3) is 0.133. The van der Waals surface area contributed by atoms with Crippen molar-refractivity contribution in [2.24, 2.45) is 0 Å². The van der Waals surface area contributed by atoms with E-state index in [0.29, 0.717) is 5.75 Å². The number of fused-ring (bicyclic) bond motifs is 1. The minimum absolute atomic E-state index is 0. The smallest absolute Gasteiger partial charge is 0.115 e. The number of hydrogen-bond acceptors (Lipinski definition) is 2. The Morgan fingerprint density at radius 3 is 2.53 bits per heavy atom. The molecule has 3 rings (SSSR count). The summed E-state index contributed by atoms with van der Waals surface area (Å²) in [6, 6.07) is 15.5. The van der Waals surface area contributed by atoms with Gasteiger partial charge in [-0.25, -0.2) is 4.98 Å².